The highest BCUT2D eigenvalue weighted by Gasteiger charge is 2.09. The molecule has 0 atom stereocenters. The van der Waals surface area contributed by atoms with Gasteiger partial charge < -0.3 is 16.0 Å². The van der Waals surface area contributed by atoms with E-state index in [1.807, 2.05) is 13.8 Å². The summed E-state index contributed by atoms with van der Waals surface area (Å²) in [5.41, 5.74) is 6.16. The van der Waals surface area contributed by atoms with Crippen LogP contribution in [0.15, 0.2) is 27.4 Å². The first kappa shape index (κ1) is 13.3. The molecule has 0 spiro atoms. The number of nitrogen functional groups attached to an aromatic ring is 1. The molecule has 0 unspecified atom stereocenters. The molecule has 0 aliphatic rings. The van der Waals surface area contributed by atoms with Crippen LogP contribution < -0.4 is 16.6 Å². The van der Waals surface area contributed by atoms with Gasteiger partial charge in [-0.1, -0.05) is 0 Å². The monoisotopic (exact) mass is 278 g/mol. The summed E-state index contributed by atoms with van der Waals surface area (Å²) < 4.78 is 0. The van der Waals surface area contributed by atoms with Gasteiger partial charge in [-0.15, -0.1) is 0 Å². The Labute approximate surface area is 114 Å². The molecule has 0 bridgehead atoms. The Morgan fingerprint density at radius 1 is 1.47 bits per heavy atom. The molecule has 8 heteroatoms. The molecule has 0 radical (unpaired) electrons. The van der Waals surface area contributed by atoms with Crippen molar-refractivity contribution in [2.24, 2.45) is 0 Å². The Morgan fingerprint density at radius 3 is 2.95 bits per heavy atom. The van der Waals surface area contributed by atoms with Gasteiger partial charge in [0.1, 0.15) is 23.0 Å². The average Bonchev–Trinajstić information content (AvgIpc) is 2.33. The van der Waals surface area contributed by atoms with Crippen molar-refractivity contribution < 1.29 is 0 Å². The summed E-state index contributed by atoms with van der Waals surface area (Å²) in [6, 6.07) is 1.24. The summed E-state index contributed by atoms with van der Waals surface area (Å²) in [5, 5.41) is 4.28. The topological polar surface area (TPSA) is 110 Å². The van der Waals surface area contributed by atoms with Crippen molar-refractivity contribution in [1.82, 2.24) is 19.9 Å². The first-order chi connectivity index (χ1) is 9.10. The number of H-pyrrole nitrogens is 1. The number of aromatic amines is 1. The highest BCUT2D eigenvalue weighted by Crippen LogP contribution is 2.27. The maximum Gasteiger partial charge on any atom is 0.253 e. The lowest BCUT2D eigenvalue weighted by Crippen LogP contribution is -2.09. The predicted octanol–water partition coefficient (Wildman–Crippen LogP) is 1.03. The van der Waals surface area contributed by atoms with Crippen molar-refractivity contribution >= 4 is 23.4 Å². The quantitative estimate of drug-likeness (QED) is 0.566. The van der Waals surface area contributed by atoms with Gasteiger partial charge in [0.2, 0.25) is 0 Å². The van der Waals surface area contributed by atoms with Crippen LogP contribution in [0.5, 0.6) is 0 Å². The van der Waals surface area contributed by atoms with E-state index in [0.29, 0.717) is 5.16 Å². The Morgan fingerprint density at radius 2 is 2.26 bits per heavy atom. The van der Waals surface area contributed by atoms with Gasteiger partial charge in [0.25, 0.3) is 5.56 Å². The normalized spacial score (nSPS) is 10.4. The molecule has 2 rings (SSSR count). The maximum atomic E-state index is 11.3. The van der Waals surface area contributed by atoms with Gasteiger partial charge in [0.05, 0.1) is 0 Å². The van der Waals surface area contributed by atoms with Crippen molar-refractivity contribution in [2.75, 3.05) is 17.6 Å². The second-order valence-electron chi connectivity index (χ2n) is 3.76. The van der Waals surface area contributed by atoms with Crippen LogP contribution in [0, 0.1) is 6.92 Å². The molecule has 7 nitrogen and oxygen atoms in total. The Balaban J connectivity index is 2.32. The zero-order valence-corrected chi connectivity index (χ0v) is 11.4. The lowest BCUT2D eigenvalue weighted by atomic mass is 10.3. The molecule has 2 aromatic rings. The average molecular weight is 278 g/mol. The van der Waals surface area contributed by atoms with Gasteiger partial charge in [-0.05, 0) is 25.6 Å². The Bertz CT molecular complexity index is 641. The molecule has 0 aliphatic heterocycles. The summed E-state index contributed by atoms with van der Waals surface area (Å²) in [7, 11) is 0. The zero-order chi connectivity index (χ0) is 13.8. The van der Waals surface area contributed by atoms with E-state index in [1.54, 1.807) is 0 Å². The third-order valence-electron chi connectivity index (χ3n) is 2.32. The standard InChI is InChI=1S/C11H14N6OS/c1-3-13-9-6(2)10(15-5-14-9)19-11-16-7(12)4-8(18)17-11/h4-5H,3H2,1-2H3,(H,13,14,15)(H3,12,16,17,18). The van der Waals surface area contributed by atoms with Crippen LogP contribution in [0.4, 0.5) is 11.6 Å². The highest BCUT2D eigenvalue weighted by molar-refractivity contribution is 7.99. The molecule has 0 amide bonds. The fraction of sp³-hybridized carbons (Fsp3) is 0.273. The second kappa shape index (κ2) is 5.70. The van der Waals surface area contributed by atoms with E-state index in [1.165, 1.54) is 24.2 Å². The van der Waals surface area contributed by atoms with Crippen LogP contribution >= 0.6 is 11.8 Å². The number of hydrogen-bond donors (Lipinski definition) is 3. The lowest BCUT2D eigenvalue weighted by Gasteiger charge is -2.09. The SMILES string of the molecule is CCNc1ncnc(Sc2nc(N)cc(=O)[nH]2)c1C. The maximum absolute atomic E-state index is 11.3. The molecule has 2 heterocycles. The van der Waals surface area contributed by atoms with Gasteiger partial charge in [0.15, 0.2) is 5.16 Å². The number of rotatable bonds is 4. The number of aromatic nitrogens is 4. The highest BCUT2D eigenvalue weighted by atomic mass is 32.2. The van der Waals surface area contributed by atoms with E-state index in [0.717, 1.165) is 23.0 Å². The largest absolute Gasteiger partial charge is 0.383 e. The summed E-state index contributed by atoms with van der Waals surface area (Å²) in [6.45, 7) is 4.67. The predicted molar refractivity (Wildman–Crippen MR) is 74.3 cm³/mol. The van der Waals surface area contributed by atoms with Crippen LogP contribution in [0.1, 0.15) is 12.5 Å². The van der Waals surface area contributed by atoms with Crippen molar-refractivity contribution in [3.63, 3.8) is 0 Å². The van der Waals surface area contributed by atoms with Crippen LogP contribution in [-0.4, -0.2) is 26.5 Å². The van der Waals surface area contributed by atoms with Crippen LogP contribution in [0.3, 0.4) is 0 Å². The number of hydrogen-bond acceptors (Lipinski definition) is 7. The molecule has 2 aromatic heterocycles. The first-order valence-electron chi connectivity index (χ1n) is 5.70. The second-order valence-corrected chi connectivity index (χ2v) is 4.74. The van der Waals surface area contributed by atoms with Gasteiger partial charge in [0, 0.05) is 18.2 Å². The van der Waals surface area contributed by atoms with Crippen molar-refractivity contribution in [1.29, 1.82) is 0 Å². The minimum Gasteiger partial charge on any atom is -0.383 e. The molecule has 4 N–H and O–H groups in total. The summed E-state index contributed by atoms with van der Waals surface area (Å²) in [6.07, 6.45) is 1.47. The van der Waals surface area contributed by atoms with E-state index >= 15 is 0 Å². The van der Waals surface area contributed by atoms with Gasteiger partial charge >= 0.3 is 0 Å². The summed E-state index contributed by atoms with van der Waals surface area (Å²) >= 11 is 1.24. The smallest absolute Gasteiger partial charge is 0.253 e. The van der Waals surface area contributed by atoms with Crippen molar-refractivity contribution in [2.45, 2.75) is 24.0 Å². The molecule has 0 aromatic carbocycles. The molecule has 0 fully saturated rings. The van der Waals surface area contributed by atoms with Gasteiger partial charge in [-0.3, -0.25) is 4.79 Å². The van der Waals surface area contributed by atoms with Crippen LogP contribution in [0.25, 0.3) is 0 Å². The van der Waals surface area contributed by atoms with E-state index < -0.39 is 0 Å². The number of nitrogens with one attached hydrogen (secondary N) is 2. The number of nitrogens with two attached hydrogens (primary N) is 1. The molecule has 100 valence electrons. The third-order valence-corrected chi connectivity index (χ3v) is 3.31. The summed E-state index contributed by atoms with van der Waals surface area (Å²) in [5.74, 6) is 0.955. The van der Waals surface area contributed by atoms with Crippen molar-refractivity contribution in [3.05, 3.63) is 28.3 Å². The van der Waals surface area contributed by atoms with E-state index in [-0.39, 0.29) is 11.4 Å². The fourth-order valence-electron chi connectivity index (χ4n) is 1.48. The van der Waals surface area contributed by atoms with E-state index in [4.69, 9.17) is 5.73 Å². The Kier molecular flexibility index (Phi) is 4.00. The Hall–Kier alpha value is -2.09. The van der Waals surface area contributed by atoms with Gasteiger partial charge in [-0.2, -0.15) is 0 Å². The zero-order valence-electron chi connectivity index (χ0n) is 10.6. The first-order valence-corrected chi connectivity index (χ1v) is 6.52. The molecular weight excluding hydrogens is 264 g/mol. The van der Waals surface area contributed by atoms with E-state index in [2.05, 4.69) is 25.3 Å². The number of anilines is 2. The summed E-state index contributed by atoms with van der Waals surface area (Å²) in [4.78, 5) is 26.3. The lowest BCUT2D eigenvalue weighted by molar-refractivity contribution is 0.930. The van der Waals surface area contributed by atoms with Crippen LogP contribution in [0.2, 0.25) is 0 Å². The van der Waals surface area contributed by atoms with Crippen molar-refractivity contribution in [3.8, 4) is 0 Å². The molecule has 19 heavy (non-hydrogen) atoms. The van der Waals surface area contributed by atoms with Gasteiger partial charge in [-0.25, -0.2) is 15.0 Å². The minimum atomic E-state index is -0.284. The molecule has 0 saturated heterocycles. The van der Waals surface area contributed by atoms with Crippen LogP contribution in [-0.2, 0) is 0 Å². The molecule has 0 aliphatic carbocycles. The third kappa shape index (κ3) is 3.22. The number of nitrogens with zero attached hydrogens (tertiary/aromatic N) is 3. The van der Waals surface area contributed by atoms with E-state index in [9.17, 15) is 4.79 Å². The fourth-order valence-corrected chi connectivity index (χ4v) is 2.31. The molecular formula is C11H14N6OS. The molecule has 0 saturated carbocycles. The minimum absolute atomic E-state index is 0.185.